The number of allylic oxidation sites excluding steroid dienone is 2. The van der Waals surface area contributed by atoms with Gasteiger partial charge >= 0.3 is 0 Å². The lowest BCUT2D eigenvalue weighted by Gasteiger charge is -2.23. The molecule has 0 bridgehead atoms. The topological polar surface area (TPSA) is 0 Å². The molecular weight excluding hydrogens is 192 g/mol. The van der Waals surface area contributed by atoms with Gasteiger partial charge in [-0.15, -0.1) is 0 Å². The zero-order valence-corrected chi connectivity index (χ0v) is 11.0. The Labute approximate surface area is 102 Å². The smallest absolute Gasteiger partial charge is 0.0202 e. The van der Waals surface area contributed by atoms with E-state index in [-0.39, 0.29) is 0 Å². The zero-order chi connectivity index (χ0) is 11.2. The summed E-state index contributed by atoms with van der Waals surface area (Å²) < 4.78 is 0. The molecule has 3 rings (SSSR count). The average molecular weight is 220 g/mol. The van der Waals surface area contributed by atoms with E-state index in [0.29, 0.717) is 0 Å². The molecule has 0 saturated heterocycles. The van der Waals surface area contributed by atoms with Gasteiger partial charge in [-0.3, -0.25) is 0 Å². The van der Waals surface area contributed by atoms with E-state index in [1.54, 1.807) is 0 Å². The van der Waals surface area contributed by atoms with Crippen LogP contribution in [-0.4, -0.2) is 0 Å². The van der Waals surface area contributed by atoms with Gasteiger partial charge in [-0.1, -0.05) is 64.0 Å². The minimum Gasteiger partial charge on any atom is -0.0880 e. The van der Waals surface area contributed by atoms with Crippen molar-refractivity contribution in [1.82, 2.24) is 0 Å². The van der Waals surface area contributed by atoms with Gasteiger partial charge in [-0.2, -0.15) is 0 Å². The second-order valence-electron chi connectivity index (χ2n) is 6.12. The SMILES string of the molecule is C1=CC2CCCCC2C1.CC1CCCCC1. The quantitative estimate of drug-likeness (QED) is 0.483. The molecule has 0 aromatic carbocycles. The fourth-order valence-electron chi connectivity index (χ4n) is 3.52. The molecule has 0 aliphatic heterocycles. The van der Waals surface area contributed by atoms with Crippen LogP contribution in [0.3, 0.4) is 0 Å². The minimum atomic E-state index is 0.985. The molecule has 3 aliphatic rings. The van der Waals surface area contributed by atoms with E-state index in [9.17, 15) is 0 Å². The van der Waals surface area contributed by atoms with Crippen LogP contribution < -0.4 is 0 Å². The molecule has 2 saturated carbocycles. The van der Waals surface area contributed by atoms with E-state index in [2.05, 4.69) is 19.1 Å². The molecule has 3 aliphatic carbocycles. The van der Waals surface area contributed by atoms with Crippen LogP contribution in [0, 0.1) is 17.8 Å². The third-order valence-corrected chi connectivity index (χ3v) is 4.68. The molecule has 0 spiro atoms. The van der Waals surface area contributed by atoms with E-state index in [1.807, 2.05) is 0 Å². The first-order chi connectivity index (χ1) is 7.86. The fraction of sp³-hybridized carbons (Fsp3) is 0.875. The molecule has 0 N–H and O–H groups in total. The second-order valence-corrected chi connectivity index (χ2v) is 6.12. The number of fused-ring (bicyclic) bond motifs is 1. The largest absolute Gasteiger partial charge is 0.0880 e. The van der Waals surface area contributed by atoms with Crippen molar-refractivity contribution >= 4 is 0 Å². The Kier molecular flexibility index (Phi) is 4.93. The van der Waals surface area contributed by atoms with Crippen LogP contribution in [0.1, 0.15) is 71.1 Å². The predicted molar refractivity (Wildman–Crippen MR) is 71.5 cm³/mol. The molecule has 0 heteroatoms. The van der Waals surface area contributed by atoms with E-state index in [4.69, 9.17) is 0 Å². The van der Waals surface area contributed by atoms with Crippen LogP contribution in [0.25, 0.3) is 0 Å². The maximum atomic E-state index is 2.43. The van der Waals surface area contributed by atoms with Crippen molar-refractivity contribution in [2.75, 3.05) is 0 Å². The highest BCUT2D eigenvalue weighted by molar-refractivity contribution is 5.02. The monoisotopic (exact) mass is 220 g/mol. The van der Waals surface area contributed by atoms with Crippen LogP contribution in [0.4, 0.5) is 0 Å². The summed E-state index contributed by atoms with van der Waals surface area (Å²) in [6.07, 6.45) is 19.6. The van der Waals surface area contributed by atoms with Crippen molar-refractivity contribution < 1.29 is 0 Å². The van der Waals surface area contributed by atoms with E-state index in [0.717, 1.165) is 17.8 Å². The Morgan fingerprint density at radius 1 is 0.812 bits per heavy atom. The summed E-state index contributed by atoms with van der Waals surface area (Å²) in [4.78, 5) is 0. The van der Waals surface area contributed by atoms with Crippen molar-refractivity contribution in [2.45, 2.75) is 71.1 Å². The Morgan fingerprint density at radius 2 is 1.50 bits per heavy atom. The molecule has 92 valence electrons. The van der Waals surface area contributed by atoms with Gasteiger partial charge in [-0.25, -0.2) is 0 Å². The molecule has 2 atom stereocenters. The molecular formula is C16H28. The zero-order valence-electron chi connectivity index (χ0n) is 11.0. The van der Waals surface area contributed by atoms with Crippen molar-refractivity contribution in [3.05, 3.63) is 12.2 Å². The van der Waals surface area contributed by atoms with Crippen LogP contribution in [0.5, 0.6) is 0 Å². The number of hydrogen-bond acceptors (Lipinski definition) is 0. The van der Waals surface area contributed by atoms with E-state index < -0.39 is 0 Å². The Morgan fingerprint density at radius 3 is 2.12 bits per heavy atom. The van der Waals surface area contributed by atoms with Gasteiger partial charge < -0.3 is 0 Å². The first kappa shape index (κ1) is 12.2. The lowest BCUT2D eigenvalue weighted by molar-refractivity contribution is 0.304. The lowest BCUT2D eigenvalue weighted by atomic mass is 9.82. The van der Waals surface area contributed by atoms with Crippen molar-refractivity contribution in [3.8, 4) is 0 Å². The third kappa shape index (κ3) is 3.64. The van der Waals surface area contributed by atoms with Gasteiger partial charge in [0.25, 0.3) is 0 Å². The van der Waals surface area contributed by atoms with Crippen LogP contribution in [0.2, 0.25) is 0 Å². The Hall–Kier alpha value is -0.260. The summed E-state index contributed by atoms with van der Waals surface area (Å²) in [6.45, 7) is 2.36. The summed E-state index contributed by atoms with van der Waals surface area (Å²) in [5, 5.41) is 0. The molecule has 2 fully saturated rings. The van der Waals surface area contributed by atoms with E-state index >= 15 is 0 Å². The molecule has 0 aromatic heterocycles. The molecule has 0 radical (unpaired) electrons. The molecule has 0 heterocycles. The summed E-state index contributed by atoms with van der Waals surface area (Å²) in [5.74, 6) is 3.08. The van der Waals surface area contributed by atoms with Crippen molar-refractivity contribution in [1.29, 1.82) is 0 Å². The molecule has 0 nitrogen and oxygen atoms in total. The number of hydrogen-bond donors (Lipinski definition) is 0. The van der Waals surface area contributed by atoms with Gasteiger partial charge in [0.2, 0.25) is 0 Å². The highest BCUT2D eigenvalue weighted by atomic mass is 14.3. The second kappa shape index (κ2) is 6.47. The summed E-state index contributed by atoms with van der Waals surface area (Å²) in [6, 6.07) is 0. The Bertz CT molecular complexity index is 210. The Balaban J connectivity index is 0.000000125. The average Bonchev–Trinajstić information content (AvgIpc) is 2.79. The number of rotatable bonds is 0. The predicted octanol–water partition coefficient (Wildman–Crippen LogP) is 5.34. The first-order valence-corrected chi connectivity index (χ1v) is 7.53. The van der Waals surface area contributed by atoms with Crippen LogP contribution in [-0.2, 0) is 0 Å². The maximum absolute atomic E-state index is 2.43. The van der Waals surface area contributed by atoms with Crippen molar-refractivity contribution in [3.63, 3.8) is 0 Å². The van der Waals surface area contributed by atoms with Gasteiger partial charge in [0, 0.05) is 0 Å². The van der Waals surface area contributed by atoms with Gasteiger partial charge in [0.15, 0.2) is 0 Å². The maximum Gasteiger partial charge on any atom is -0.0202 e. The lowest BCUT2D eigenvalue weighted by Crippen LogP contribution is -2.12. The van der Waals surface area contributed by atoms with Crippen molar-refractivity contribution in [2.24, 2.45) is 17.8 Å². The summed E-state index contributed by atoms with van der Waals surface area (Å²) in [7, 11) is 0. The molecule has 16 heavy (non-hydrogen) atoms. The summed E-state index contributed by atoms with van der Waals surface area (Å²) in [5.41, 5.74) is 0. The molecule has 0 aromatic rings. The first-order valence-electron chi connectivity index (χ1n) is 7.53. The highest BCUT2D eigenvalue weighted by Crippen LogP contribution is 2.37. The van der Waals surface area contributed by atoms with Crippen LogP contribution in [0.15, 0.2) is 12.2 Å². The normalized spacial score (nSPS) is 34.1. The highest BCUT2D eigenvalue weighted by Gasteiger charge is 2.24. The van der Waals surface area contributed by atoms with E-state index in [1.165, 1.54) is 64.2 Å². The molecule has 2 unspecified atom stereocenters. The van der Waals surface area contributed by atoms with Gasteiger partial charge in [-0.05, 0) is 37.0 Å². The van der Waals surface area contributed by atoms with Gasteiger partial charge in [0.05, 0.1) is 0 Å². The van der Waals surface area contributed by atoms with Gasteiger partial charge in [0.1, 0.15) is 0 Å². The summed E-state index contributed by atoms with van der Waals surface area (Å²) >= 11 is 0. The standard InChI is InChI=1S/C9H14.C7H14/c1-2-5-9-7-3-6-8(9)4-1;1-7-5-3-2-4-6-7/h3,6,8-9H,1-2,4-5,7H2;7H,2-6H2,1H3. The van der Waals surface area contributed by atoms with Crippen LogP contribution >= 0.6 is 0 Å². The minimum absolute atomic E-state index is 0.985. The molecule has 0 amide bonds. The third-order valence-electron chi connectivity index (χ3n) is 4.68. The fourth-order valence-corrected chi connectivity index (χ4v) is 3.52.